The number of alkyl halides is 3. The molecular weight excluding hydrogens is 535 g/mol. The number of nitrogens with one attached hydrogen (secondary N) is 1. The Kier molecular flexibility index (Phi) is 8.45. The Morgan fingerprint density at radius 1 is 1.05 bits per heavy atom. The quantitative estimate of drug-likeness (QED) is 0.281. The fourth-order valence-corrected chi connectivity index (χ4v) is 5.55. The van der Waals surface area contributed by atoms with E-state index in [9.17, 15) is 28.0 Å². The van der Waals surface area contributed by atoms with Gasteiger partial charge in [0.15, 0.2) is 0 Å². The molecule has 4 rings (SSSR count). The summed E-state index contributed by atoms with van der Waals surface area (Å²) in [5.41, 5.74) is 0.0748. The van der Waals surface area contributed by atoms with Crippen LogP contribution in [0.4, 0.5) is 18.9 Å². The number of hydrogen-bond donors (Lipinski definition) is 1. The molecule has 1 heterocycles. The molecule has 5 nitrogen and oxygen atoms in total. The molecule has 1 aliphatic heterocycles. The van der Waals surface area contributed by atoms with Gasteiger partial charge in [-0.15, -0.1) is 0 Å². The number of carbonyl (C=O) groups is 2. The Balaban J connectivity index is 1.65. The van der Waals surface area contributed by atoms with Crippen LogP contribution in [0.15, 0.2) is 89.5 Å². The molecule has 3 aromatic carbocycles. The van der Waals surface area contributed by atoms with Gasteiger partial charge >= 0.3 is 6.18 Å². The number of anilines is 1. The smallest absolute Gasteiger partial charge is 0.351 e. The molecule has 0 bridgehead atoms. The topological polar surface area (TPSA) is 73.2 Å². The normalized spacial score (nSPS) is 16.8. The van der Waals surface area contributed by atoms with Gasteiger partial charge in [-0.05, 0) is 54.3 Å². The molecule has 0 saturated carbocycles. The SMILES string of the molecule is N#C/C(C(=O)NCCc1ccccc1)=C1/S[C@@H](Cc2cc(Cl)ccc2C(F)(F)F)C(=O)N1c1ccccc1. The summed E-state index contributed by atoms with van der Waals surface area (Å²) in [5, 5.41) is 11.8. The number of para-hydroxylation sites is 1. The van der Waals surface area contributed by atoms with Crippen LogP contribution < -0.4 is 10.2 Å². The molecule has 38 heavy (non-hydrogen) atoms. The Morgan fingerprint density at radius 2 is 1.71 bits per heavy atom. The van der Waals surface area contributed by atoms with E-state index in [4.69, 9.17) is 11.6 Å². The molecule has 0 spiro atoms. The van der Waals surface area contributed by atoms with E-state index in [-0.39, 0.29) is 34.2 Å². The van der Waals surface area contributed by atoms with Gasteiger partial charge in [0.25, 0.3) is 5.91 Å². The number of nitrogens with zero attached hydrogens (tertiary/aromatic N) is 2. The van der Waals surface area contributed by atoms with Crippen molar-refractivity contribution < 1.29 is 22.8 Å². The largest absolute Gasteiger partial charge is 0.416 e. The highest BCUT2D eigenvalue weighted by Gasteiger charge is 2.42. The molecule has 194 valence electrons. The van der Waals surface area contributed by atoms with Crippen molar-refractivity contribution in [2.24, 2.45) is 0 Å². The summed E-state index contributed by atoms with van der Waals surface area (Å²) in [5.74, 6) is -1.20. The van der Waals surface area contributed by atoms with E-state index in [1.54, 1.807) is 30.3 Å². The van der Waals surface area contributed by atoms with Gasteiger partial charge in [-0.2, -0.15) is 18.4 Å². The first-order valence-corrected chi connectivity index (χ1v) is 12.8. The third kappa shape index (κ3) is 6.21. The predicted octanol–water partition coefficient (Wildman–Crippen LogP) is 6.14. The lowest BCUT2D eigenvalue weighted by Gasteiger charge is -2.19. The van der Waals surface area contributed by atoms with Gasteiger partial charge < -0.3 is 5.32 Å². The number of benzene rings is 3. The Morgan fingerprint density at radius 3 is 2.34 bits per heavy atom. The molecule has 0 unspecified atom stereocenters. The second-order valence-corrected chi connectivity index (χ2v) is 10.0. The molecule has 1 aliphatic rings. The second-order valence-electron chi connectivity index (χ2n) is 8.40. The maximum absolute atomic E-state index is 13.6. The van der Waals surface area contributed by atoms with Gasteiger partial charge in [0.2, 0.25) is 5.91 Å². The van der Waals surface area contributed by atoms with Crippen molar-refractivity contribution in [3.05, 3.63) is 111 Å². The number of nitriles is 1. The predicted molar refractivity (Wildman–Crippen MR) is 141 cm³/mol. The lowest BCUT2D eigenvalue weighted by molar-refractivity contribution is -0.138. The first-order valence-electron chi connectivity index (χ1n) is 11.6. The average molecular weight is 556 g/mol. The monoisotopic (exact) mass is 555 g/mol. The molecule has 1 fully saturated rings. The van der Waals surface area contributed by atoms with Crippen LogP contribution in [0.1, 0.15) is 16.7 Å². The van der Waals surface area contributed by atoms with Crippen LogP contribution in [-0.4, -0.2) is 23.6 Å². The minimum Gasteiger partial charge on any atom is -0.351 e. The van der Waals surface area contributed by atoms with E-state index in [1.807, 2.05) is 36.4 Å². The molecule has 0 radical (unpaired) electrons. The van der Waals surface area contributed by atoms with E-state index in [0.29, 0.717) is 12.1 Å². The zero-order valence-corrected chi connectivity index (χ0v) is 21.4. The van der Waals surface area contributed by atoms with Gasteiger partial charge in [0.05, 0.1) is 10.8 Å². The van der Waals surface area contributed by atoms with Crippen molar-refractivity contribution >= 4 is 40.9 Å². The number of hydrogen-bond acceptors (Lipinski definition) is 4. The van der Waals surface area contributed by atoms with Gasteiger partial charge in [0.1, 0.15) is 16.7 Å². The zero-order valence-electron chi connectivity index (χ0n) is 19.8. The van der Waals surface area contributed by atoms with Crippen molar-refractivity contribution in [1.82, 2.24) is 5.32 Å². The summed E-state index contributed by atoms with van der Waals surface area (Å²) in [7, 11) is 0. The Hall–Kier alpha value is -3.74. The van der Waals surface area contributed by atoms with Crippen LogP contribution in [0.2, 0.25) is 5.02 Å². The van der Waals surface area contributed by atoms with E-state index >= 15 is 0 Å². The summed E-state index contributed by atoms with van der Waals surface area (Å²) < 4.78 is 40.9. The average Bonchev–Trinajstić information content (AvgIpc) is 3.20. The Labute approximate surface area is 226 Å². The highest BCUT2D eigenvalue weighted by molar-refractivity contribution is 8.05. The molecule has 1 atom stereocenters. The van der Waals surface area contributed by atoms with Gasteiger partial charge in [0, 0.05) is 17.3 Å². The molecule has 3 aromatic rings. The second kappa shape index (κ2) is 11.8. The van der Waals surface area contributed by atoms with Gasteiger partial charge in [-0.1, -0.05) is 71.9 Å². The molecule has 1 saturated heterocycles. The van der Waals surface area contributed by atoms with Crippen molar-refractivity contribution in [2.75, 3.05) is 11.4 Å². The number of amides is 2. The van der Waals surface area contributed by atoms with Crippen LogP contribution in [0, 0.1) is 11.3 Å². The standard InChI is InChI=1S/C28H21ClF3N3O2S/c29-20-11-12-23(28(30,31)32)19(15-20)16-24-26(37)35(21-9-5-2-6-10-21)27(38-24)22(17-33)25(36)34-14-13-18-7-3-1-4-8-18/h1-12,15,24H,13-14,16H2,(H,34,36)/b27-22-/t24-/m0/s1. The molecule has 10 heteroatoms. The maximum atomic E-state index is 13.6. The van der Waals surface area contributed by atoms with E-state index in [0.717, 1.165) is 29.5 Å². The summed E-state index contributed by atoms with van der Waals surface area (Å²) >= 11 is 6.87. The van der Waals surface area contributed by atoms with E-state index in [1.165, 1.54) is 11.0 Å². The minimum atomic E-state index is -4.64. The van der Waals surface area contributed by atoms with Crippen LogP contribution in [-0.2, 0) is 28.6 Å². The fraction of sp³-hybridized carbons (Fsp3) is 0.179. The highest BCUT2D eigenvalue weighted by atomic mass is 35.5. The number of thioether (sulfide) groups is 1. The molecule has 1 N–H and O–H groups in total. The number of halogens is 4. The highest BCUT2D eigenvalue weighted by Crippen LogP contribution is 2.43. The van der Waals surface area contributed by atoms with Crippen molar-refractivity contribution in [3.8, 4) is 6.07 Å². The summed E-state index contributed by atoms with van der Waals surface area (Å²) in [4.78, 5) is 27.8. The van der Waals surface area contributed by atoms with Crippen molar-refractivity contribution in [3.63, 3.8) is 0 Å². The minimum absolute atomic E-state index is 0.0708. The maximum Gasteiger partial charge on any atom is 0.416 e. The lowest BCUT2D eigenvalue weighted by atomic mass is 10.0. The number of carbonyl (C=O) groups excluding carboxylic acids is 2. The van der Waals surface area contributed by atoms with Crippen molar-refractivity contribution in [2.45, 2.75) is 24.3 Å². The van der Waals surface area contributed by atoms with Crippen LogP contribution in [0.5, 0.6) is 0 Å². The first kappa shape index (κ1) is 27.3. The van der Waals surface area contributed by atoms with E-state index < -0.39 is 28.8 Å². The number of rotatable bonds is 7. The van der Waals surface area contributed by atoms with Crippen LogP contribution in [0.25, 0.3) is 0 Å². The molecular formula is C28H21ClF3N3O2S. The van der Waals surface area contributed by atoms with Crippen LogP contribution >= 0.6 is 23.4 Å². The zero-order chi connectivity index (χ0) is 27.3. The van der Waals surface area contributed by atoms with Gasteiger partial charge in [-0.3, -0.25) is 14.5 Å². The van der Waals surface area contributed by atoms with E-state index in [2.05, 4.69) is 5.32 Å². The lowest BCUT2D eigenvalue weighted by Crippen LogP contribution is -2.32. The van der Waals surface area contributed by atoms with Crippen LogP contribution in [0.3, 0.4) is 0 Å². The van der Waals surface area contributed by atoms with Gasteiger partial charge in [-0.25, -0.2) is 0 Å². The van der Waals surface area contributed by atoms with Crippen molar-refractivity contribution in [1.29, 1.82) is 5.26 Å². The summed E-state index contributed by atoms with van der Waals surface area (Å²) in [6, 6.07) is 22.9. The molecule has 2 amide bonds. The third-order valence-corrected chi connectivity index (χ3v) is 7.34. The molecule has 0 aromatic heterocycles. The summed E-state index contributed by atoms with van der Waals surface area (Å²) in [6.45, 7) is 0.256. The first-order chi connectivity index (χ1) is 18.2. The summed E-state index contributed by atoms with van der Waals surface area (Å²) in [6.07, 6.45) is -4.40. The third-order valence-electron chi connectivity index (χ3n) is 5.84. The molecule has 0 aliphatic carbocycles. The Bertz CT molecular complexity index is 1410. The fourth-order valence-electron chi connectivity index (χ4n) is 4.06.